The van der Waals surface area contributed by atoms with E-state index < -0.39 is 0 Å². The van der Waals surface area contributed by atoms with Gasteiger partial charge in [-0.25, -0.2) is 4.68 Å². The third-order valence-corrected chi connectivity index (χ3v) is 3.07. The molecular weight excluding hydrogens is 192 g/mol. The van der Waals surface area contributed by atoms with Gasteiger partial charge in [0.1, 0.15) is 0 Å². The molecule has 1 fully saturated rings. The molecule has 0 aromatic carbocycles. The van der Waals surface area contributed by atoms with Crippen LogP contribution in [-0.4, -0.2) is 28.6 Å². The van der Waals surface area contributed by atoms with Crippen LogP contribution in [-0.2, 0) is 6.42 Å². The molecule has 0 radical (unpaired) electrons. The van der Waals surface area contributed by atoms with E-state index in [0.29, 0.717) is 12.5 Å². The van der Waals surface area contributed by atoms with E-state index in [4.69, 9.17) is 9.84 Å². The zero-order chi connectivity index (χ0) is 10.7. The molecular formula is C11H18N2O2. The Bertz CT molecular complexity index is 316. The van der Waals surface area contributed by atoms with Crippen LogP contribution in [0.25, 0.3) is 0 Å². The topological polar surface area (TPSA) is 47.3 Å². The Kier molecular flexibility index (Phi) is 3.26. The molecule has 1 aliphatic rings. The Morgan fingerprint density at radius 2 is 2.27 bits per heavy atom. The van der Waals surface area contributed by atoms with Gasteiger partial charge in [-0.05, 0) is 12.8 Å². The summed E-state index contributed by atoms with van der Waals surface area (Å²) in [4.78, 5) is 0. The van der Waals surface area contributed by atoms with E-state index in [9.17, 15) is 0 Å². The largest absolute Gasteiger partial charge is 0.481 e. The predicted molar refractivity (Wildman–Crippen MR) is 57.1 cm³/mol. The van der Waals surface area contributed by atoms with Gasteiger partial charge in [-0.3, -0.25) is 0 Å². The number of aliphatic hydroxyl groups excluding tert-OH is 1. The second kappa shape index (κ2) is 4.66. The Morgan fingerprint density at radius 1 is 1.53 bits per heavy atom. The van der Waals surface area contributed by atoms with Crippen LogP contribution in [0.15, 0.2) is 6.20 Å². The molecule has 4 nitrogen and oxygen atoms in total. The normalized spacial score (nSPS) is 17.2. The fraction of sp³-hybridized carbons (Fsp3) is 0.727. The lowest BCUT2D eigenvalue weighted by molar-refractivity contribution is 0.292. The van der Waals surface area contributed by atoms with Gasteiger partial charge in [0.15, 0.2) is 0 Å². The van der Waals surface area contributed by atoms with Crippen LogP contribution < -0.4 is 4.74 Å². The molecule has 0 saturated heterocycles. The highest BCUT2D eigenvalue weighted by Gasteiger charge is 2.22. The molecule has 4 heteroatoms. The predicted octanol–water partition coefficient (Wildman–Crippen LogP) is 1.54. The maximum absolute atomic E-state index is 8.92. The van der Waals surface area contributed by atoms with Gasteiger partial charge in [-0.15, -0.1) is 0 Å². The minimum absolute atomic E-state index is 0.146. The fourth-order valence-electron chi connectivity index (χ4n) is 2.31. The number of methoxy groups -OCH3 is 1. The van der Waals surface area contributed by atoms with Crippen LogP contribution in [0.3, 0.4) is 0 Å². The molecule has 0 aliphatic heterocycles. The van der Waals surface area contributed by atoms with Crippen LogP contribution in [0.2, 0.25) is 0 Å². The van der Waals surface area contributed by atoms with E-state index in [-0.39, 0.29) is 6.61 Å². The number of nitrogens with zero attached hydrogens (tertiary/aromatic N) is 2. The van der Waals surface area contributed by atoms with E-state index in [1.807, 2.05) is 10.9 Å². The number of aromatic nitrogens is 2. The van der Waals surface area contributed by atoms with Crippen molar-refractivity contribution in [3.63, 3.8) is 0 Å². The molecule has 0 atom stereocenters. The summed E-state index contributed by atoms with van der Waals surface area (Å²) in [6.07, 6.45) is 7.38. The molecule has 1 heterocycles. The monoisotopic (exact) mass is 210 g/mol. The number of hydrogen-bond donors (Lipinski definition) is 1. The van der Waals surface area contributed by atoms with Crippen molar-refractivity contribution in [2.45, 2.75) is 38.1 Å². The lowest BCUT2D eigenvalue weighted by Crippen LogP contribution is -2.08. The fourth-order valence-corrected chi connectivity index (χ4v) is 2.31. The third-order valence-electron chi connectivity index (χ3n) is 3.07. The average molecular weight is 210 g/mol. The molecule has 1 N–H and O–H groups in total. The van der Waals surface area contributed by atoms with Crippen molar-refractivity contribution in [1.82, 2.24) is 9.78 Å². The lowest BCUT2D eigenvalue weighted by Gasteiger charge is -2.13. The molecule has 1 aliphatic carbocycles. The summed E-state index contributed by atoms with van der Waals surface area (Å²) in [6.45, 7) is 0.146. The summed E-state index contributed by atoms with van der Waals surface area (Å²) in [5.41, 5.74) is 1.01. The van der Waals surface area contributed by atoms with E-state index in [0.717, 1.165) is 11.4 Å². The number of ether oxygens (including phenoxy) is 1. The van der Waals surface area contributed by atoms with Crippen molar-refractivity contribution in [3.05, 3.63) is 11.8 Å². The first-order valence-electron chi connectivity index (χ1n) is 5.58. The van der Waals surface area contributed by atoms with Gasteiger partial charge < -0.3 is 9.84 Å². The molecule has 0 spiro atoms. The van der Waals surface area contributed by atoms with Crippen LogP contribution in [0.1, 0.15) is 37.3 Å². The van der Waals surface area contributed by atoms with Crippen molar-refractivity contribution in [2.24, 2.45) is 0 Å². The molecule has 0 amide bonds. The van der Waals surface area contributed by atoms with Gasteiger partial charge >= 0.3 is 0 Å². The van der Waals surface area contributed by atoms with Crippen molar-refractivity contribution < 1.29 is 9.84 Å². The Hall–Kier alpha value is -1.03. The molecule has 15 heavy (non-hydrogen) atoms. The zero-order valence-electron chi connectivity index (χ0n) is 9.15. The Labute approximate surface area is 89.9 Å². The summed E-state index contributed by atoms with van der Waals surface area (Å²) in [5.74, 6) is 0.830. The molecule has 1 saturated carbocycles. The van der Waals surface area contributed by atoms with E-state index in [1.54, 1.807) is 7.11 Å². The molecule has 84 valence electrons. The average Bonchev–Trinajstić information content (AvgIpc) is 2.85. The second-order valence-corrected chi connectivity index (χ2v) is 4.04. The minimum atomic E-state index is 0.146. The highest BCUT2D eigenvalue weighted by atomic mass is 16.5. The molecule has 2 rings (SSSR count). The number of aliphatic hydroxyl groups is 1. The van der Waals surface area contributed by atoms with Gasteiger partial charge in [0.2, 0.25) is 5.88 Å². The Morgan fingerprint density at radius 3 is 2.87 bits per heavy atom. The standard InChI is InChI=1S/C11H18N2O2/c1-15-11-9(6-7-14)8-12-13(11)10-4-2-3-5-10/h8,10,14H,2-7H2,1H3. The first-order valence-corrected chi connectivity index (χ1v) is 5.58. The van der Waals surface area contributed by atoms with Crippen molar-refractivity contribution in [2.75, 3.05) is 13.7 Å². The van der Waals surface area contributed by atoms with Crippen LogP contribution in [0.5, 0.6) is 5.88 Å². The highest BCUT2D eigenvalue weighted by molar-refractivity contribution is 5.25. The first kappa shape index (κ1) is 10.5. The van der Waals surface area contributed by atoms with Gasteiger partial charge in [0, 0.05) is 18.6 Å². The van der Waals surface area contributed by atoms with Gasteiger partial charge in [-0.2, -0.15) is 5.10 Å². The summed E-state index contributed by atoms with van der Waals surface area (Å²) >= 11 is 0. The van der Waals surface area contributed by atoms with Crippen molar-refractivity contribution in [1.29, 1.82) is 0 Å². The van der Waals surface area contributed by atoms with Crippen molar-refractivity contribution >= 4 is 0 Å². The smallest absolute Gasteiger partial charge is 0.215 e. The zero-order valence-corrected chi connectivity index (χ0v) is 9.15. The minimum Gasteiger partial charge on any atom is -0.481 e. The van der Waals surface area contributed by atoms with Gasteiger partial charge in [-0.1, -0.05) is 12.8 Å². The second-order valence-electron chi connectivity index (χ2n) is 4.04. The first-order chi connectivity index (χ1) is 7.36. The summed E-state index contributed by atoms with van der Waals surface area (Å²) in [6, 6.07) is 0.493. The van der Waals surface area contributed by atoms with Gasteiger partial charge in [0.05, 0.1) is 19.3 Å². The van der Waals surface area contributed by atoms with Crippen molar-refractivity contribution in [3.8, 4) is 5.88 Å². The quantitative estimate of drug-likeness (QED) is 0.820. The van der Waals surface area contributed by atoms with Gasteiger partial charge in [0.25, 0.3) is 0 Å². The molecule has 1 aromatic heterocycles. The molecule has 0 bridgehead atoms. The van der Waals surface area contributed by atoms with E-state index >= 15 is 0 Å². The summed E-state index contributed by atoms with van der Waals surface area (Å²) in [5, 5.41) is 13.3. The summed E-state index contributed by atoms with van der Waals surface area (Å²) < 4.78 is 7.35. The highest BCUT2D eigenvalue weighted by Crippen LogP contribution is 2.33. The molecule has 1 aromatic rings. The van der Waals surface area contributed by atoms with E-state index in [2.05, 4.69) is 5.10 Å². The number of rotatable bonds is 4. The lowest BCUT2D eigenvalue weighted by atomic mass is 10.2. The maximum atomic E-state index is 8.92. The van der Waals surface area contributed by atoms with Crippen LogP contribution in [0.4, 0.5) is 0 Å². The van der Waals surface area contributed by atoms with E-state index in [1.165, 1.54) is 25.7 Å². The van der Waals surface area contributed by atoms with Crippen LogP contribution in [0, 0.1) is 0 Å². The molecule has 0 unspecified atom stereocenters. The number of hydrogen-bond acceptors (Lipinski definition) is 3. The Balaban J connectivity index is 2.22. The third kappa shape index (κ3) is 2.00. The summed E-state index contributed by atoms with van der Waals surface area (Å²) in [7, 11) is 1.67. The van der Waals surface area contributed by atoms with Crippen LogP contribution >= 0.6 is 0 Å². The maximum Gasteiger partial charge on any atom is 0.215 e. The SMILES string of the molecule is COc1c(CCO)cnn1C1CCCC1.